The maximum absolute atomic E-state index is 12.8. The second kappa shape index (κ2) is 31.9. The maximum Gasteiger partial charge on any atom is 0.481 e. The summed E-state index contributed by atoms with van der Waals surface area (Å²) in [5.41, 5.74) is 4.29. The van der Waals surface area contributed by atoms with E-state index in [9.17, 15) is 57.9 Å². The number of nitrogens with zero attached hydrogens (tertiary/aromatic N) is 4. The van der Waals surface area contributed by atoms with E-state index < -0.39 is 84.6 Å². The van der Waals surface area contributed by atoms with Crippen molar-refractivity contribution in [2.24, 2.45) is 5.41 Å². The first-order valence-corrected chi connectivity index (χ1v) is 29.8. The minimum absolute atomic E-state index is 0.0336. The summed E-state index contributed by atoms with van der Waals surface area (Å²) in [6, 6.07) is 0. The summed E-state index contributed by atoms with van der Waals surface area (Å²) in [5.74, 6) is -1.03. The average molecular weight is 1090 g/mol. The molecule has 3 rings (SSSR count). The van der Waals surface area contributed by atoms with Crippen LogP contribution >= 0.6 is 35.2 Å². The summed E-state index contributed by atoms with van der Waals surface area (Å²) in [6.45, 7) is 2.82. The molecule has 24 nitrogen and oxygen atoms in total. The van der Waals surface area contributed by atoms with E-state index in [2.05, 4.69) is 53.5 Å². The predicted molar refractivity (Wildman–Crippen MR) is 265 cm³/mol. The number of allylic oxidation sites excluding steroid dienone is 2. The molecule has 2 aromatic rings. The Kier molecular flexibility index (Phi) is 28.1. The number of nitrogen functional groups attached to an aromatic ring is 1. The molecule has 0 aliphatic carbocycles. The Hall–Kier alpha value is -2.70. The van der Waals surface area contributed by atoms with E-state index >= 15 is 0 Å². The molecule has 2 amide bonds. The number of imidazole rings is 1. The maximum atomic E-state index is 12.8. The van der Waals surface area contributed by atoms with Gasteiger partial charge in [0.2, 0.25) is 11.8 Å². The number of rotatable bonds is 38. The van der Waals surface area contributed by atoms with Gasteiger partial charge < -0.3 is 50.9 Å². The number of amides is 2. The Morgan fingerprint density at radius 2 is 1.44 bits per heavy atom. The van der Waals surface area contributed by atoms with Gasteiger partial charge in [-0.1, -0.05) is 122 Å². The Morgan fingerprint density at radius 3 is 2.06 bits per heavy atom. The lowest BCUT2D eigenvalue weighted by Gasteiger charge is -2.30. The molecular formula is C43H76N7O17P3S. The minimum Gasteiger partial charge on any atom is -0.386 e. The average Bonchev–Trinajstić information content (AvgIpc) is 3.86. The number of hydrogen-bond acceptors (Lipinski definition) is 18. The van der Waals surface area contributed by atoms with Gasteiger partial charge in [-0.3, -0.25) is 32.5 Å². The molecule has 7 unspecified atom stereocenters. The zero-order valence-corrected chi connectivity index (χ0v) is 44.5. The van der Waals surface area contributed by atoms with Crippen LogP contribution in [0.3, 0.4) is 0 Å². The molecule has 0 radical (unpaired) electrons. The quantitative estimate of drug-likeness (QED) is 0.0203. The number of phosphoric ester groups is 3. The van der Waals surface area contributed by atoms with Gasteiger partial charge >= 0.3 is 23.5 Å². The summed E-state index contributed by atoms with van der Waals surface area (Å²) in [5, 5.41) is 26.7. The molecule has 7 atom stereocenters. The molecule has 28 heteroatoms. The topological polar surface area (TPSA) is 364 Å². The normalized spacial score (nSPS) is 19.7. The van der Waals surface area contributed by atoms with Crippen molar-refractivity contribution in [3.05, 3.63) is 24.8 Å². The molecule has 0 spiro atoms. The van der Waals surface area contributed by atoms with E-state index in [1.165, 1.54) is 97.3 Å². The van der Waals surface area contributed by atoms with Crippen LogP contribution in [0.15, 0.2) is 24.8 Å². The molecule has 10 N–H and O–H groups in total. The van der Waals surface area contributed by atoms with Gasteiger partial charge in [-0.15, -0.1) is 0 Å². The van der Waals surface area contributed by atoms with E-state index in [-0.39, 0.29) is 41.6 Å². The van der Waals surface area contributed by atoms with Crippen LogP contribution in [-0.4, -0.2) is 123 Å². The van der Waals surface area contributed by atoms with Crippen molar-refractivity contribution in [1.29, 1.82) is 0 Å². The Balaban J connectivity index is 1.25. The molecule has 0 bridgehead atoms. The van der Waals surface area contributed by atoms with Crippen LogP contribution in [0.1, 0.15) is 149 Å². The SMILES string of the molecule is CCCCCCCCCC/C=C/CCCCCCCCCC(=O)SCCNC(=O)CCNC(=O)C(O)C(C)(C)COP(=O)(O)OP(=O)(O)OCC1OC(n2cnc3c(N)ncnc32)C(O)C1OP(=O)(O)O. The Morgan fingerprint density at radius 1 is 0.845 bits per heavy atom. The largest absolute Gasteiger partial charge is 0.481 e. The molecule has 71 heavy (non-hydrogen) atoms. The van der Waals surface area contributed by atoms with E-state index in [1.54, 1.807) is 0 Å². The van der Waals surface area contributed by atoms with Gasteiger partial charge in [-0.25, -0.2) is 28.6 Å². The van der Waals surface area contributed by atoms with Crippen LogP contribution in [0, 0.1) is 5.41 Å². The number of aliphatic hydroxyl groups is 2. The molecule has 1 saturated heterocycles. The third-order valence-electron chi connectivity index (χ3n) is 11.4. The standard InChI is InChI=1S/C43H76N7O17P3S/c1-4-5-6-7-8-9-10-11-12-13-14-15-16-17-18-19-20-21-22-23-34(52)71-27-26-45-33(51)24-25-46-41(55)38(54)43(2,3)29-64-70(61,62)67-69(59,60)63-28-32-37(66-68(56,57)58)36(53)42(65-32)50-31-49-35-39(44)47-30-48-40(35)50/h13-14,30-32,36-38,42,53-54H,4-12,15-29H2,1-3H3,(H,45,51)(H,46,55)(H,59,60)(H,61,62)(H2,44,47,48)(H2,56,57,58)/b14-13+. The number of thioether (sulfide) groups is 1. The first-order valence-electron chi connectivity index (χ1n) is 24.3. The number of fused-ring (bicyclic) bond motifs is 1. The van der Waals surface area contributed by atoms with Crippen LogP contribution in [0.25, 0.3) is 11.2 Å². The minimum atomic E-state index is -5.58. The van der Waals surface area contributed by atoms with Gasteiger partial charge in [0.15, 0.2) is 22.8 Å². The number of carbonyl (C=O) groups excluding carboxylic acids is 3. The zero-order valence-electron chi connectivity index (χ0n) is 41.0. The van der Waals surface area contributed by atoms with Gasteiger partial charge in [0.05, 0.1) is 19.5 Å². The number of aromatic nitrogens is 4. The number of nitrogens with one attached hydrogen (secondary N) is 2. The lowest BCUT2D eigenvalue weighted by atomic mass is 9.87. The van der Waals surface area contributed by atoms with Gasteiger partial charge in [0.1, 0.15) is 36.3 Å². The van der Waals surface area contributed by atoms with Gasteiger partial charge in [0.25, 0.3) is 0 Å². The van der Waals surface area contributed by atoms with Crippen LogP contribution in [-0.2, 0) is 50.7 Å². The first kappa shape index (κ1) is 62.6. The number of anilines is 1. The predicted octanol–water partition coefficient (Wildman–Crippen LogP) is 6.26. The number of hydrogen-bond donors (Lipinski definition) is 9. The highest BCUT2D eigenvalue weighted by Gasteiger charge is 2.50. The summed E-state index contributed by atoms with van der Waals surface area (Å²) in [6.07, 6.45) is 19.1. The monoisotopic (exact) mass is 1090 g/mol. The molecule has 2 aromatic heterocycles. The second-order valence-electron chi connectivity index (χ2n) is 18.0. The molecule has 406 valence electrons. The molecule has 1 aliphatic heterocycles. The van der Waals surface area contributed by atoms with Gasteiger partial charge in [0, 0.05) is 37.1 Å². The van der Waals surface area contributed by atoms with E-state index in [0.29, 0.717) is 12.2 Å². The third-order valence-corrected chi connectivity index (χ3v) is 15.4. The number of unbranched alkanes of at least 4 members (excludes halogenated alkanes) is 15. The highest BCUT2D eigenvalue weighted by molar-refractivity contribution is 8.13. The lowest BCUT2D eigenvalue weighted by Crippen LogP contribution is -2.46. The summed E-state index contributed by atoms with van der Waals surface area (Å²) < 4.78 is 62.5. The third kappa shape index (κ3) is 24.5. The van der Waals surface area contributed by atoms with Crippen molar-refractivity contribution in [3.8, 4) is 0 Å². The van der Waals surface area contributed by atoms with Crippen molar-refractivity contribution in [2.45, 2.75) is 173 Å². The van der Waals surface area contributed by atoms with Crippen molar-refractivity contribution in [3.63, 3.8) is 0 Å². The summed E-state index contributed by atoms with van der Waals surface area (Å²) >= 11 is 1.15. The van der Waals surface area contributed by atoms with Crippen LogP contribution < -0.4 is 16.4 Å². The zero-order chi connectivity index (χ0) is 52.5. The van der Waals surface area contributed by atoms with Crippen LogP contribution in [0.2, 0.25) is 0 Å². The number of aliphatic hydroxyl groups excluding tert-OH is 2. The van der Waals surface area contributed by atoms with Gasteiger partial charge in [-0.2, -0.15) is 4.31 Å². The van der Waals surface area contributed by atoms with Crippen molar-refractivity contribution in [1.82, 2.24) is 30.2 Å². The molecule has 0 aromatic carbocycles. The van der Waals surface area contributed by atoms with E-state index in [4.69, 9.17) is 19.5 Å². The van der Waals surface area contributed by atoms with E-state index in [1.807, 2.05) is 0 Å². The highest BCUT2D eigenvalue weighted by atomic mass is 32.2. The number of ether oxygens (including phenoxy) is 1. The second-order valence-corrected chi connectivity index (χ2v) is 23.4. The van der Waals surface area contributed by atoms with Gasteiger partial charge in [-0.05, 0) is 32.1 Å². The first-order chi connectivity index (χ1) is 33.6. The molecule has 1 aliphatic rings. The van der Waals surface area contributed by atoms with Crippen molar-refractivity contribution >= 4 is 69.1 Å². The van der Waals surface area contributed by atoms with Crippen molar-refractivity contribution in [2.75, 3.05) is 37.8 Å². The summed E-state index contributed by atoms with van der Waals surface area (Å²) in [7, 11) is -16.4. The fourth-order valence-corrected chi connectivity index (χ4v) is 11.0. The Labute approximate surface area is 419 Å². The number of carbonyl (C=O) groups is 3. The highest BCUT2D eigenvalue weighted by Crippen LogP contribution is 2.61. The van der Waals surface area contributed by atoms with Crippen molar-refractivity contribution < 1.29 is 80.5 Å². The number of nitrogens with two attached hydrogens (primary N) is 1. The fraction of sp³-hybridized carbons (Fsp3) is 0.767. The van der Waals surface area contributed by atoms with Crippen LogP contribution in [0.4, 0.5) is 5.82 Å². The molecule has 3 heterocycles. The molecular weight excluding hydrogens is 1010 g/mol. The lowest BCUT2D eigenvalue weighted by molar-refractivity contribution is -0.137. The van der Waals surface area contributed by atoms with E-state index in [0.717, 1.165) is 54.7 Å². The Bertz CT molecular complexity index is 2120. The molecule has 0 saturated carbocycles. The molecule has 1 fully saturated rings. The fourth-order valence-electron chi connectivity index (χ4n) is 7.41. The van der Waals surface area contributed by atoms with Crippen LogP contribution in [0.5, 0.6) is 0 Å². The number of phosphoric acid groups is 3. The summed E-state index contributed by atoms with van der Waals surface area (Å²) in [4.78, 5) is 88.5. The smallest absolute Gasteiger partial charge is 0.386 e.